The summed E-state index contributed by atoms with van der Waals surface area (Å²) in [4.78, 5) is 24.4. The Morgan fingerprint density at radius 2 is 1.50 bits per heavy atom. The Balaban J connectivity index is 2.15. The number of carbonyl (C=O) groups excluding carboxylic acids is 2. The average molecular weight is 369 g/mol. The summed E-state index contributed by atoms with van der Waals surface area (Å²) in [5.74, 6) is -0.558. The maximum Gasteiger partial charge on any atom is 0.277 e. The molecule has 0 spiro atoms. The molecular weight excluding hydrogens is 355 g/mol. The average Bonchev–Trinajstić information content (AvgIpc) is 2.58. The highest BCUT2D eigenvalue weighted by atomic mass is 35.5. The Labute approximate surface area is 148 Å². The first-order chi connectivity index (χ1) is 11.5. The second-order valence-electron chi connectivity index (χ2n) is 4.57. The number of benzene rings is 2. The maximum atomic E-state index is 12.3. The number of hydrogen-bond acceptors (Lipinski definition) is 4. The standard InChI is InChI=1S/C16H14Cl2N2O4/c1-23-12-4-3-5-13(24-2)14(12)16(22)20-19-15(21)10-7-6-9(17)8-11(10)18/h3-8H,1-2H3,(H,19,21)(H,20,22). The largest absolute Gasteiger partial charge is 0.496 e. The third-order valence-corrected chi connectivity index (χ3v) is 3.67. The molecule has 0 aliphatic carbocycles. The SMILES string of the molecule is COc1cccc(OC)c1C(=O)NNC(=O)c1ccc(Cl)cc1Cl. The zero-order valence-corrected chi connectivity index (χ0v) is 14.4. The highest BCUT2D eigenvalue weighted by Gasteiger charge is 2.19. The lowest BCUT2D eigenvalue weighted by Crippen LogP contribution is -2.42. The van der Waals surface area contributed by atoms with E-state index in [2.05, 4.69) is 10.9 Å². The fourth-order valence-corrected chi connectivity index (χ4v) is 2.49. The molecule has 0 radical (unpaired) electrons. The van der Waals surface area contributed by atoms with Crippen molar-refractivity contribution in [2.24, 2.45) is 0 Å². The molecule has 0 atom stereocenters. The van der Waals surface area contributed by atoms with Crippen LogP contribution in [0.4, 0.5) is 0 Å². The highest BCUT2D eigenvalue weighted by Crippen LogP contribution is 2.27. The molecule has 0 bridgehead atoms. The lowest BCUT2D eigenvalue weighted by molar-refractivity contribution is 0.0843. The van der Waals surface area contributed by atoms with Crippen molar-refractivity contribution in [1.29, 1.82) is 0 Å². The Kier molecular flexibility index (Phi) is 5.89. The summed E-state index contributed by atoms with van der Waals surface area (Å²) in [6.07, 6.45) is 0. The fraction of sp³-hybridized carbons (Fsp3) is 0.125. The van der Waals surface area contributed by atoms with Gasteiger partial charge in [-0.05, 0) is 30.3 Å². The molecular formula is C16H14Cl2N2O4. The Morgan fingerprint density at radius 1 is 0.917 bits per heavy atom. The fourth-order valence-electron chi connectivity index (χ4n) is 1.99. The predicted molar refractivity (Wildman–Crippen MR) is 90.9 cm³/mol. The highest BCUT2D eigenvalue weighted by molar-refractivity contribution is 6.36. The van der Waals surface area contributed by atoms with Crippen LogP contribution < -0.4 is 20.3 Å². The van der Waals surface area contributed by atoms with Gasteiger partial charge in [-0.25, -0.2) is 0 Å². The molecule has 2 aromatic carbocycles. The van der Waals surface area contributed by atoms with Gasteiger partial charge >= 0.3 is 0 Å². The molecule has 126 valence electrons. The van der Waals surface area contributed by atoms with Gasteiger partial charge in [0.15, 0.2) is 0 Å². The van der Waals surface area contributed by atoms with Crippen molar-refractivity contribution in [3.05, 3.63) is 57.6 Å². The molecule has 0 saturated carbocycles. The number of hydrazine groups is 1. The van der Waals surface area contributed by atoms with E-state index in [0.717, 1.165) is 0 Å². The van der Waals surface area contributed by atoms with Crippen molar-refractivity contribution in [1.82, 2.24) is 10.9 Å². The summed E-state index contributed by atoms with van der Waals surface area (Å²) in [5.41, 5.74) is 4.91. The van der Waals surface area contributed by atoms with Gasteiger partial charge in [-0.3, -0.25) is 20.4 Å². The van der Waals surface area contributed by atoms with E-state index in [4.69, 9.17) is 32.7 Å². The lowest BCUT2D eigenvalue weighted by Gasteiger charge is -2.13. The molecule has 0 fully saturated rings. The van der Waals surface area contributed by atoms with Crippen LogP contribution >= 0.6 is 23.2 Å². The zero-order chi connectivity index (χ0) is 17.7. The predicted octanol–water partition coefficient (Wildman–Crippen LogP) is 3.09. The third-order valence-electron chi connectivity index (χ3n) is 3.12. The molecule has 0 aliphatic heterocycles. The van der Waals surface area contributed by atoms with Crippen molar-refractivity contribution in [2.45, 2.75) is 0 Å². The minimum Gasteiger partial charge on any atom is -0.496 e. The van der Waals surface area contributed by atoms with E-state index in [1.54, 1.807) is 18.2 Å². The van der Waals surface area contributed by atoms with Gasteiger partial charge < -0.3 is 9.47 Å². The monoisotopic (exact) mass is 368 g/mol. The number of methoxy groups -OCH3 is 2. The molecule has 0 saturated heterocycles. The van der Waals surface area contributed by atoms with Crippen LogP contribution in [0.5, 0.6) is 11.5 Å². The van der Waals surface area contributed by atoms with Gasteiger partial charge in [0.1, 0.15) is 17.1 Å². The number of amides is 2. The second-order valence-corrected chi connectivity index (χ2v) is 5.41. The third kappa shape index (κ3) is 3.90. The molecule has 2 aromatic rings. The smallest absolute Gasteiger partial charge is 0.277 e. The van der Waals surface area contributed by atoms with Crippen LogP contribution in [-0.2, 0) is 0 Å². The molecule has 6 nitrogen and oxygen atoms in total. The maximum absolute atomic E-state index is 12.3. The van der Waals surface area contributed by atoms with Crippen LogP contribution in [-0.4, -0.2) is 26.0 Å². The molecule has 0 heterocycles. The molecule has 0 aliphatic rings. The minimum atomic E-state index is -0.595. The van der Waals surface area contributed by atoms with Crippen LogP contribution in [0, 0.1) is 0 Å². The molecule has 2 amide bonds. The van der Waals surface area contributed by atoms with Gasteiger partial charge in [-0.15, -0.1) is 0 Å². The minimum absolute atomic E-state index is 0.157. The number of rotatable bonds is 4. The molecule has 2 N–H and O–H groups in total. The first-order valence-electron chi connectivity index (χ1n) is 6.74. The van der Waals surface area contributed by atoms with E-state index in [-0.39, 0.29) is 16.1 Å². The van der Waals surface area contributed by atoms with Crippen LogP contribution in [0.15, 0.2) is 36.4 Å². The summed E-state index contributed by atoms with van der Waals surface area (Å²) in [7, 11) is 2.86. The van der Waals surface area contributed by atoms with Gasteiger partial charge in [0, 0.05) is 5.02 Å². The first kappa shape index (κ1) is 17.9. The summed E-state index contributed by atoms with van der Waals surface area (Å²) in [6, 6.07) is 9.30. The summed E-state index contributed by atoms with van der Waals surface area (Å²) in [6.45, 7) is 0. The van der Waals surface area contributed by atoms with Gasteiger partial charge in [0.2, 0.25) is 0 Å². The van der Waals surface area contributed by atoms with Gasteiger partial charge in [0.05, 0.1) is 24.8 Å². The topological polar surface area (TPSA) is 76.7 Å². The molecule has 24 heavy (non-hydrogen) atoms. The molecule has 0 unspecified atom stereocenters. The lowest BCUT2D eigenvalue weighted by atomic mass is 10.1. The van der Waals surface area contributed by atoms with Crippen molar-refractivity contribution in [2.75, 3.05) is 14.2 Å². The van der Waals surface area contributed by atoms with Crippen molar-refractivity contribution in [3.63, 3.8) is 0 Å². The van der Waals surface area contributed by atoms with Crippen LogP contribution in [0.3, 0.4) is 0 Å². The van der Waals surface area contributed by atoms with E-state index in [0.29, 0.717) is 16.5 Å². The molecule has 8 heteroatoms. The second kappa shape index (κ2) is 7.90. The number of nitrogens with one attached hydrogen (secondary N) is 2. The summed E-state index contributed by atoms with van der Waals surface area (Å²) >= 11 is 11.7. The van der Waals surface area contributed by atoms with Crippen LogP contribution in [0.1, 0.15) is 20.7 Å². The number of hydrogen-bond donors (Lipinski definition) is 2. The van der Waals surface area contributed by atoms with Crippen molar-refractivity contribution in [3.8, 4) is 11.5 Å². The summed E-state index contributed by atoms with van der Waals surface area (Å²) < 4.78 is 10.3. The molecule has 0 aromatic heterocycles. The Bertz CT molecular complexity index is 758. The normalized spacial score (nSPS) is 10.0. The molecule has 2 rings (SSSR count). The quantitative estimate of drug-likeness (QED) is 0.813. The van der Waals surface area contributed by atoms with Gasteiger partial charge in [0.25, 0.3) is 11.8 Å². The van der Waals surface area contributed by atoms with E-state index in [1.807, 2.05) is 0 Å². The number of carbonyl (C=O) groups is 2. The first-order valence-corrected chi connectivity index (χ1v) is 7.50. The Morgan fingerprint density at radius 3 is 2.04 bits per heavy atom. The Hall–Kier alpha value is -2.44. The summed E-state index contributed by atoms with van der Waals surface area (Å²) in [5, 5.41) is 0.573. The van der Waals surface area contributed by atoms with Crippen molar-refractivity contribution < 1.29 is 19.1 Å². The zero-order valence-electron chi connectivity index (χ0n) is 12.9. The van der Waals surface area contributed by atoms with Crippen LogP contribution in [0.2, 0.25) is 10.0 Å². The van der Waals surface area contributed by atoms with E-state index in [1.165, 1.54) is 32.4 Å². The van der Waals surface area contributed by atoms with E-state index in [9.17, 15) is 9.59 Å². The van der Waals surface area contributed by atoms with Gasteiger partial charge in [-0.2, -0.15) is 0 Å². The number of halogens is 2. The number of ether oxygens (including phenoxy) is 2. The van der Waals surface area contributed by atoms with Crippen molar-refractivity contribution >= 4 is 35.0 Å². The van der Waals surface area contributed by atoms with E-state index >= 15 is 0 Å². The van der Waals surface area contributed by atoms with E-state index < -0.39 is 11.8 Å². The van der Waals surface area contributed by atoms with Crippen LogP contribution in [0.25, 0.3) is 0 Å². The van der Waals surface area contributed by atoms with Gasteiger partial charge in [-0.1, -0.05) is 29.3 Å².